The molecule has 1 unspecified atom stereocenters. The average molecular weight is 449 g/mol. The summed E-state index contributed by atoms with van der Waals surface area (Å²) in [5.74, 6) is 0.938. The summed E-state index contributed by atoms with van der Waals surface area (Å²) in [6.45, 7) is 7.38. The monoisotopic (exact) mass is 448 g/mol. The summed E-state index contributed by atoms with van der Waals surface area (Å²) in [4.78, 5) is 23.3. The number of nitrogens with zero attached hydrogens (tertiary/aromatic N) is 3. The van der Waals surface area contributed by atoms with Gasteiger partial charge in [-0.2, -0.15) is 0 Å². The Morgan fingerprint density at radius 1 is 1.25 bits per heavy atom. The van der Waals surface area contributed by atoms with Gasteiger partial charge in [0.15, 0.2) is 0 Å². The molecular formula is C24H28N6OS. The highest BCUT2D eigenvalue weighted by Crippen LogP contribution is 2.36. The molecule has 0 saturated heterocycles. The number of nitrogens with one attached hydrogen (secondary N) is 3. The lowest BCUT2D eigenvalue weighted by Crippen LogP contribution is -2.50. The molecule has 0 aliphatic carbocycles. The molecule has 32 heavy (non-hydrogen) atoms. The second-order valence-electron chi connectivity index (χ2n) is 9.40. The fourth-order valence-corrected chi connectivity index (χ4v) is 4.97. The molecule has 0 radical (unpaired) electrons. The number of pyridine rings is 1. The second-order valence-corrected chi connectivity index (χ2v) is 10.3. The number of rotatable bonds is 3. The van der Waals surface area contributed by atoms with Crippen molar-refractivity contribution in [1.82, 2.24) is 20.2 Å². The van der Waals surface area contributed by atoms with Gasteiger partial charge in [0, 0.05) is 48.2 Å². The van der Waals surface area contributed by atoms with Crippen molar-refractivity contribution in [3.63, 3.8) is 0 Å². The van der Waals surface area contributed by atoms with Crippen LogP contribution in [0, 0.1) is 0 Å². The summed E-state index contributed by atoms with van der Waals surface area (Å²) in [7, 11) is 0. The molecule has 8 heteroatoms. The third-order valence-electron chi connectivity index (χ3n) is 5.85. The molecule has 1 atom stereocenters. The summed E-state index contributed by atoms with van der Waals surface area (Å²) < 4.78 is 1.17. The first-order valence-electron chi connectivity index (χ1n) is 11.0. The lowest BCUT2D eigenvalue weighted by Gasteiger charge is -2.31. The molecular weight excluding hydrogens is 420 g/mol. The summed E-state index contributed by atoms with van der Waals surface area (Å²) >= 11 is 1.65. The maximum absolute atomic E-state index is 12.5. The van der Waals surface area contributed by atoms with Crippen LogP contribution in [0.1, 0.15) is 32.8 Å². The molecule has 0 spiro atoms. The minimum absolute atomic E-state index is 0.00142. The zero-order valence-electron chi connectivity index (χ0n) is 18.6. The molecule has 0 fully saturated rings. The zero-order chi connectivity index (χ0) is 22.3. The number of anilines is 3. The Morgan fingerprint density at radius 3 is 2.91 bits per heavy atom. The number of amides is 2. The highest BCUT2D eigenvalue weighted by atomic mass is 32.1. The lowest BCUT2D eigenvalue weighted by molar-refractivity contribution is 0.192. The molecule has 7 nitrogen and oxygen atoms in total. The molecule has 2 amide bonds. The Morgan fingerprint density at radius 2 is 2.12 bits per heavy atom. The molecule has 5 rings (SSSR count). The van der Waals surface area contributed by atoms with Crippen molar-refractivity contribution in [2.75, 3.05) is 23.7 Å². The maximum Gasteiger partial charge on any atom is 0.318 e. The van der Waals surface area contributed by atoms with Gasteiger partial charge in [0.25, 0.3) is 0 Å². The summed E-state index contributed by atoms with van der Waals surface area (Å²) in [6.07, 6.45) is 5.79. The van der Waals surface area contributed by atoms with Gasteiger partial charge >= 0.3 is 6.03 Å². The lowest BCUT2D eigenvalue weighted by atomic mass is 9.97. The minimum Gasteiger partial charge on any atom is -0.363 e. The summed E-state index contributed by atoms with van der Waals surface area (Å²) in [5, 5.41) is 10.2. The van der Waals surface area contributed by atoms with E-state index in [9.17, 15) is 4.79 Å². The highest BCUT2D eigenvalue weighted by molar-refractivity contribution is 7.16. The van der Waals surface area contributed by atoms with Gasteiger partial charge < -0.3 is 20.9 Å². The van der Waals surface area contributed by atoms with Crippen LogP contribution in [-0.4, -0.2) is 45.6 Å². The third kappa shape index (κ3) is 4.27. The predicted molar refractivity (Wildman–Crippen MR) is 131 cm³/mol. The fraction of sp³-hybridized carbons (Fsp3) is 0.375. The molecule has 0 bridgehead atoms. The van der Waals surface area contributed by atoms with E-state index in [0.29, 0.717) is 6.54 Å². The van der Waals surface area contributed by atoms with Crippen molar-refractivity contribution in [1.29, 1.82) is 0 Å². The van der Waals surface area contributed by atoms with Crippen LogP contribution in [0.15, 0.2) is 47.6 Å². The van der Waals surface area contributed by atoms with Gasteiger partial charge in [0.2, 0.25) is 0 Å². The van der Waals surface area contributed by atoms with E-state index in [4.69, 9.17) is 0 Å². The van der Waals surface area contributed by atoms with Gasteiger partial charge in [0.1, 0.15) is 5.82 Å². The minimum atomic E-state index is -0.227. The Labute approximate surface area is 191 Å². The summed E-state index contributed by atoms with van der Waals surface area (Å²) in [5.41, 5.74) is 7.36. The Hall–Kier alpha value is -3.13. The van der Waals surface area contributed by atoms with Crippen LogP contribution in [0.25, 0.3) is 10.2 Å². The van der Waals surface area contributed by atoms with Crippen molar-refractivity contribution in [2.45, 2.75) is 45.2 Å². The van der Waals surface area contributed by atoms with Crippen LogP contribution in [0.4, 0.5) is 22.0 Å². The van der Waals surface area contributed by atoms with Gasteiger partial charge in [-0.3, -0.25) is 0 Å². The Bertz CT molecular complexity index is 1190. The van der Waals surface area contributed by atoms with Gasteiger partial charge in [-0.1, -0.05) is 6.08 Å². The zero-order valence-corrected chi connectivity index (χ0v) is 19.4. The van der Waals surface area contributed by atoms with E-state index in [1.54, 1.807) is 11.3 Å². The molecule has 4 heterocycles. The smallest absolute Gasteiger partial charge is 0.318 e. The highest BCUT2D eigenvalue weighted by Gasteiger charge is 2.30. The van der Waals surface area contributed by atoms with E-state index >= 15 is 0 Å². The van der Waals surface area contributed by atoms with E-state index in [1.165, 1.54) is 15.8 Å². The quantitative estimate of drug-likeness (QED) is 0.496. The number of urea groups is 1. The Balaban J connectivity index is 1.28. The molecule has 2 aliphatic heterocycles. The number of carbonyl (C=O) groups is 1. The van der Waals surface area contributed by atoms with Gasteiger partial charge in [-0.25, -0.2) is 14.8 Å². The predicted octanol–water partition coefficient (Wildman–Crippen LogP) is 4.91. The standard InChI is InChI=1S/C24H28N6OS/c1-24(2,3)29-23(31)30-10-7-15(8-11-30)20-13-17-18(6-9-25-22(17)28-20)27-16-4-5-19-21(12-16)32-14-26-19/h4-7,9,12,14,20H,8,10-11,13H2,1-3H3,(H,29,31)(H2,25,27,28). The van der Waals surface area contributed by atoms with E-state index in [1.807, 2.05) is 49.5 Å². The van der Waals surface area contributed by atoms with Crippen molar-refractivity contribution >= 4 is 44.8 Å². The second kappa shape index (κ2) is 8.09. The van der Waals surface area contributed by atoms with E-state index < -0.39 is 0 Å². The number of thiazole rings is 1. The van der Waals surface area contributed by atoms with Crippen LogP contribution >= 0.6 is 11.3 Å². The van der Waals surface area contributed by atoms with Crippen molar-refractivity contribution in [2.24, 2.45) is 0 Å². The molecule has 2 aliphatic rings. The number of fused-ring (bicyclic) bond motifs is 2. The van der Waals surface area contributed by atoms with E-state index in [-0.39, 0.29) is 17.6 Å². The molecule has 1 aromatic carbocycles. The molecule has 3 N–H and O–H groups in total. The SMILES string of the molecule is CC(C)(C)NC(=O)N1CC=C(C2Cc3c(Nc4ccc5ncsc5c4)ccnc3N2)CC1. The molecule has 166 valence electrons. The average Bonchev–Trinajstić information content (AvgIpc) is 3.40. The first-order valence-corrected chi connectivity index (χ1v) is 11.8. The van der Waals surface area contributed by atoms with Crippen LogP contribution in [0.2, 0.25) is 0 Å². The third-order valence-corrected chi connectivity index (χ3v) is 6.64. The largest absolute Gasteiger partial charge is 0.363 e. The van der Waals surface area contributed by atoms with Crippen molar-refractivity contribution < 1.29 is 4.79 Å². The number of carbonyl (C=O) groups excluding carboxylic acids is 1. The number of hydrogen-bond donors (Lipinski definition) is 3. The normalized spacial score (nSPS) is 18.2. The van der Waals surface area contributed by atoms with Gasteiger partial charge in [-0.15, -0.1) is 11.3 Å². The van der Waals surface area contributed by atoms with Crippen LogP contribution in [-0.2, 0) is 6.42 Å². The Kier molecular flexibility index (Phi) is 5.25. The van der Waals surface area contributed by atoms with Gasteiger partial charge in [0.05, 0.1) is 21.8 Å². The van der Waals surface area contributed by atoms with Crippen LogP contribution in [0.3, 0.4) is 0 Å². The van der Waals surface area contributed by atoms with Crippen LogP contribution < -0.4 is 16.0 Å². The first kappa shape index (κ1) is 20.8. The number of hydrogen-bond acceptors (Lipinski definition) is 6. The van der Waals surface area contributed by atoms with Crippen molar-refractivity contribution in [3.05, 3.63) is 53.2 Å². The molecule has 0 saturated carbocycles. The molecule has 3 aromatic rings. The first-order chi connectivity index (χ1) is 15.4. The molecule has 2 aromatic heterocycles. The summed E-state index contributed by atoms with van der Waals surface area (Å²) in [6, 6.07) is 8.51. The van der Waals surface area contributed by atoms with E-state index in [0.717, 1.165) is 42.1 Å². The maximum atomic E-state index is 12.5. The van der Waals surface area contributed by atoms with Crippen LogP contribution in [0.5, 0.6) is 0 Å². The van der Waals surface area contributed by atoms with Gasteiger partial charge in [-0.05, 0) is 57.0 Å². The fourth-order valence-electron chi connectivity index (χ4n) is 4.26. The van der Waals surface area contributed by atoms with Crippen molar-refractivity contribution in [3.8, 4) is 0 Å². The topological polar surface area (TPSA) is 82.2 Å². The number of aromatic nitrogens is 2. The van der Waals surface area contributed by atoms with E-state index in [2.05, 4.69) is 44.1 Å². The number of benzene rings is 1.